The Morgan fingerprint density at radius 1 is 1.20 bits per heavy atom. The van der Waals surface area contributed by atoms with Gasteiger partial charge in [0.1, 0.15) is 10.0 Å². The zero-order chi connectivity index (χ0) is 14.6. The highest BCUT2D eigenvalue weighted by Crippen LogP contribution is 2.15. The smallest absolute Gasteiger partial charge is 0.244 e. The fraction of sp³-hybridized carbons (Fsp3) is 0.231. The Hall–Kier alpha value is -1.50. The van der Waals surface area contributed by atoms with Crippen molar-refractivity contribution in [2.45, 2.75) is 11.3 Å². The quantitative estimate of drug-likeness (QED) is 0.792. The fourth-order valence-corrected chi connectivity index (χ4v) is 2.88. The lowest BCUT2D eigenvalue weighted by Gasteiger charge is -2.16. The van der Waals surface area contributed by atoms with Crippen molar-refractivity contribution in [1.29, 1.82) is 0 Å². The molecule has 0 aliphatic carbocycles. The standard InChI is InChI=1S/C13H14ClN3O2S/c1-17(9-6-11-4-7-15-8-5-11)20(18,19)12-2-3-13(14)16-10-12/h2-5,7-8,10H,6,9H2,1H3. The summed E-state index contributed by atoms with van der Waals surface area (Å²) in [6.07, 6.45) is 5.26. The molecule has 2 rings (SSSR count). The van der Waals surface area contributed by atoms with Crippen LogP contribution in [0.5, 0.6) is 0 Å². The molecule has 0 N–H and O–H groups in total. The molecule has 0 amide bonds. The molecule has 0 unspecified atom stereocenters. The lowest BCUT2D eigenvalue weighted by Crippen LogP contribution is -2.29. The first kappa shape index (κ1) is 14.9. The first-order chi connectivity index (χ1) is 9.50. The van der Waals surface area contributed by atoms with Crippen LogP contribution in [0.3, 0.4) is 0 Å². The molecule has 0 fully saturated rings. The van der Waals surface area contributed by atoms with Crippen molar-refractivity contribution < 1.29 is 8.42 Å². The molecule has 2 heterocycles. The van der Waals surface area contributed by atoms with Crippen LogP contribution in [0, 0.1) is 0 Å². The van der Waals surface area contributed by atoms with E-state index < -0.39 is 10.0 Å². The summed E-state index contributed by atoms with van der Waals surface area (Å²) in [6.45, 7) is 0.384. The second-order valence-corrected chi connectivity index (χ2v) is 6.68. The molecule has 0 aromatic carbocycles. The molecule has 0 atom stereocenters. The monoisotopic (exact) mass is 311 g/mol. The van der Waals surface area contributed by atoms with Crippen LogP contribution >= 0.6 is 11.6 Å². The minimum absolute atomic E-state index is 0.138. The lowest BCUT2D eigenvalue weighted by molar-refractivity contribution is 0.472. The molecule has 0 saturated heterocycles. The van der Waals surface area contributed by atoms with E-state index in [0.717, 1.165) is 5.56 Å². The Morgan fingerprint density at radius 2 is 1.90 bits per heavy atom. The number of hydrogen-bond donors (Lipinski definition) is 0. The van der Waals surface area contributed by atoms with Crippen molar-refractivity contribution in [3.63, 3.8) is 0 Å². The van der Waals surface area contributed by atoms with Gasteiger partial charge in [0.2, 0.25) is 10.0 Å². The van der Waals surface area contributed by atoms with E-state index in [1.54, 1.807) is 19.4 Å². The second-order valence-electron chi connectivity index (χ2n) is 4.25. The van der Waals surface area contributed by atoms with Gasteiger partial charge in [-0.25, -0.2) is 17.7 Å². The molecule has 2 aromatic rings. The summed E-state index contributed by atoms with van der Waals surface area (Å²) in [5.74, 6) is 0. The predicted octanol–water partition coefficient (Wildman–Crippen LogP) is 1.99. The van der Waals surface area contributed by atoms with Gasteiger partial charge in [-0.2, -0.15) is 0 Å². The summed E-state index contributed by atoms with van der Waals surface area (Å²) < 4.78 is 25.9. The summed E-state index contributed by atoms with van der Waals surface area (Å²) in [6, 6.07) is 6.65. The molecule has 0 bridgehead atoms. The Balaban J connectivity index is 2.08. The van der Waals surface area contributed by atoms with Gasteiger partial charge in [-0.15, -0.1) is 0 Å². The molecule has 0 aliphatic heterocycles. The number of likely N-dealkylation sites (N-methyl/N-ethyl adjacent to an activating group) is 1. The van der Waals surface area contributed by atoms with E-state index in [1.807, 2.05) is 12.1 Å². The van der Waals surface area contributed by atoms with Crippen LogP contribution in [0.1, 0.15) is 5.56 Å². The van der Waals surface area contributed by atoms with Gasteiger partial charge in [0.05, 0.1) is 0 Å². The molecule has 106 valence electrons. The Morgan fingerprint density at radius 3 is 2.50 bits per heavy atom. The minimum atomic E-state index is -3.53. The largest absolute Gasteiger partial charge is 0.265 e. The third kappa shape index (κ3) is 3.53. The van der Waals surface area contributed by atoms with Crippen LogP contribution in [-0.2, 0) is 16.4 Å². The van der Waals surface area contributed by atoms with E-state index in [2.05, 4.69) is 9.97 Å². The maximum Gasteiger partial charge on any atom is 0.244 e. The summed E-state index contributed by atoms with van der Waals surface area (Å²) in [5, 5.41) is 0.267. The molecule has 20 heavy (non-hydrogen) atoms. The molecular formula is C13H14ClN3O2S. The van der Waals surface area contributed by atoms with Crippen molar-refractivity contribution in [2.24, 2.45) is 0 Å². The number of aromatic nitrogens is 2. The van der Waals surface area contributed by atoms with Gasteiger partial charge in [-0.05, 0) is 36.2 Å². The SMILES string of the molecule is CN(CCc1ccncc1)S(=O)(=O)c1ccc(Cl)nc1. The summed E-state index contributed by atoms with van der Waals surface area (Å²) in [4.78, 5) is 7.86. The molecular weight excluding hydrogens is 298 g/mol. The van der Waals surface area contributed by atoms with Crippen molar-refractivity contribution in [3.8, 4) is 0 Å². The third-order valence-corrected chi connectivity index (χ3v) is 4.94. The number of halogens is 1. The molecule has 0 aliphatic rings. The van der Waals surface area contributed by atoms with Gasteiger partial charge in [0.15, 0.2) is 0 Å². The third-order valence-electron chi connectivity index (χ3n) is 2.87. The van der Waals surface area contributed by atoms with Crippen LogP contribution in [0.2, 0.25) is 5.15 Å². The molecule has 0 saturated carbocycles. The Kier molecular flexibility index (Phi) is 4.69. The number of hydrogen-bond acceptors (Lipinski definition) is 4. The van der Waals surface area contributed by atoms with E-state index in [9.17, 15) is 8.42 Å². The zero-order valence-corrected chi connectivity index (χ0v) is 12.5. The van der Waals surface area contributed by atoms with Crippen LogP contribution in [-0.4, -0.2) is 36.3 Å². The number of pyridine rings is 2. The lowest BCUT2D eigenvalue weighted by atomic mass is 10.2. The Bertz CT molecular complexity index is 660. The van der Waals surface area contributed by atoms with E-state index in [4.69, 9.17) is 11.6 Å². The number of sulfonamides is 1. The van der Waals surface area contributed by atoms with Gasteiger partial charge in [-0.3, -0.25) is 4.98 Å². The minimum Gasteiger partial charge on any atom is -0.265 e. The van der Waals surface area contributed by atoms with Gasteiger partial charge < -0.3 is 0 Å². The van der Waals surface area contributed by atoms with E-state index in [1.165, 1.54) is 22.6 Å². The molecule has 0 spiro atoms. The Labute approximate surface area is 123 Å². The molecule has 2 aromatic heterocycles. The van der Waals surface area contributed by atoms with Crippen molar-refractivity contribution >= 4 is 21.6 Å². The van der Waals surface area contributed by atoms with E-state index in [-0.39, 0.29) is 10.0 Å². The van der Waals surface area contributed by atoms with Gasteiger partial charge in [0.25, 0.3) is 0 Å². The zero-order valence-electron chi connectivity index (χ0n) is 10.9. The maximum absolute atomic E-state index is 12.3. The van der Waals surface area contributed by atoms with Crippen molar-refractivity contribution in [1.82, 2.24) is 14.3 Å². The van der Waals surface area contributed by atoms with E-state index in [0.29, 0.717) is 13.0 Å². The summed E-state index contributed by atoms with van der Waals surface area (Å²) >= 11 is 5.66. The van der Waals surface area contributed by atoms with Crippen LogP contribution in [0.15, 0.2) is 47.8 Å². The predicted molar refractivity (Wildman–Crippen MR) is 77.0 cm³/mol. The number of nitrogens with zero attached hydrogens (tertiary/aromatic N) is 3. The van der Waals surface area contributed by atoms with Gasteiger partial charge >= 0.3 is 0 Å². The highest BCUT2D eigenvalue weighted by atomic mass is 35.5. The van der Waals surface area contributed by atoms with Crippen molar-refractivity contribution in [2.75, 3.05) is 13.6 Å². The normalized spacial score (nSPS) is 11.8. The molecule has 0 radical (unpaired) electrons. The highest BCUT2D eigenvalue weighted by molar-refractivity contribution is 7.89. The van der Waals surface area contributed by atoms with Crippen molar-refractivity contribution in [3.05, 3.63) is 53.6 Å². The first-order valence-electron chi connectivity index (χ1n) is 5.97. The fourth-order valence-electron chi connectivity index (χ4n) is 1.65. The molecule has 7 heteroatoms. The number of rotatable bonds is 5. The van der Waals surface area contributed by atoms with Crippen LogP contribution in [0.25, 0.3) is 0 Å². The topological polar surface area (TPSA) is 63.2 Å². The van der Waals surface area contributed by atoms with Gasteiger partial charge in [0, 0.05) is 32.2 Å². The summed E-state index contributed by atoms with van der Waals surface area (Å²) in [7, 11) is -1.98. The first-order valence-corrected chi connectivity index (χ1v) is 7.79. The molecule has 5 nitrogen and oxygen atoms in total. The maximum atomic E-state index is 12.3. The highest BCUT2D eigenvalue weighted by Gasteiger charge is 2.20. The second kappa shape index (κ2) is 6.30. The average Bonchev–Trinajstić information content (AvgIpc) is 2.46. The van der Waals surface area contributed by atoms with Gasteiger partial charge in [-0.1, -0.05) is 11.6 Å². The average molecular weight is 312 g/mol. The van der Waals surface area contributed by atoms with Crippen LogP contribution < -0.4 is 0 Å². The van der Waals surface area contributed by atoms with E-state index >= 15 is 0 Å². The van der Waals surface area contributed by atoms with Crippen LogP contribution in [0.4, 0.5) is 0 Å². The summed E-state index contributed by atoms with van der Waals surface area (Å²) in [5.41, 5.74) is 1.04.